The quantitative estimate of drug-likeness (QED) is 0.728. The Hall–Kier alpha value is -2.50. The van der Waals surface area contributed by atoms with Crippen LogP contribution in [0.3, 0.4) is 0 Å². The van der Waals surface area contributed by atoms with Gasteiger partial charge < -0.3 is 8.94 Å². The number of rotatable bonds is 3. The smallest absolute Gasteiger partial charge is 0.280 e. The Kier molecular flexibility index (Phi) is 3.03. The molecule has 0 amide bonds. The number of hydrogen-bond acceptors (Lipinski definition) is 5. The van der Waals surface area contributed by atoms with Gasteiger partial charge in [-0.15, -0.1) is 0 Å². The van der Waals surface area contributed by atoms with E-state index in [-0.39, 0.29) is 11.7 Å². The Bertz CT molecular complexity index is 820. The molecule has 5 nitrogen and oxygen atoms in total. The largest absolute Gasteiger partial charge is 0.448 e. The van der Waals surface area contributed by atoms with E-state index in [1.807, 2.05) is 0 Å². The molecule has 1 aromatic carbocycles. The number of oxazole rings is 1. The number of benzene rings is 1. The van der Waals surface area contributed by atoms with E-state index in [1.54, 1.807) is 19.1 Å². The zero-order chi connectivity index (χ0) is 15.1. The van der Waals surface area contributed by atoms with Crippen LogP contribution in [0.15, 0.2) is 33.4 Å². The minimum atomic E-state index is -0.294. The Labute approximate surface area is 126 Å². The lowest BCUT2D eigenvalue weighted by molar-refractivity contribution is 0.335. The van der Waals surface area contributed by atoms with Crippen molar-refractivity contribution < 1.29 is 13.3 Å². The summed E-state index contributed by atoms with van der Waals surface area (Å²) in [6.45, 7) is 1.71. The van der Waals surface area contributed by atoms with E-state index in [1.165, 1.54) is 18.8 Å². The molecule has 1 saturated carbocycles. The molecule has 6 heteroatoms. The van der Waals surface area contributed by atoms with Gasteiger partial charge in [-0.2, -0.15) is 4.98 Å². The van der Waals surface area contributed by atoms with Crippen molar-refractivity contribution in [3.63, 3.8) is 0 Å². The Morgan fingerprint density at radius 3 is 2.82 bits per heavy atom. The molecule has 1 fully saturated rings. The molecule has 3 aromatic rings. The first kappa shape index (κ1) is 13.2. The topological polar surface area (TPSA) is 65.0 Å². The van der Waals surface area contributed by atoms with E-state index in [4.69, 9.17) is 8.94 Å². The lowest BCUT2D eigenvalue weighted by Crippen LogP contribution is -2.08. The molecule has 0 unspecified atom stereocenters. The van der Waals surface area contributed by atoms with Gasteiger partial charge in [-0.1, -0.05) is 23.7 Å². The number of aromatic nitrogens is 3. The summed E-state index contributed by atoms with van der Waals surface area (Å²) >= 11 is 0. The van der Waals surface area contributed by atoms with Crippen LogP contribution in [0.1, 0.15) is 36.6 Å². The fraction of sp³-hybridized carbons (Fsp3) is 0.312. The van der Waals surface area contributed by atoms with Gasteiger partial charge in [0.05, 0.1) is 0 Å². The van der Waals surface area contributed by atoms with Crippen LogP contribution in [0.5, 0.6) is 0 Å². The third-order valence-corrected chi connectivity index (χ3v) is 4.05. The SMILES string of the molecule is Cc1ccc(-c2noc(-c3coc(C4CCC4)n3)n2)cc1F. The van der Waals surface area contributed by atoms with Gasteiger partial charge in [0.1, 0.15) is 12.1 Å². The predicted octanol–water partition coefficient (Wildman–Crippen LogP) is 4.11. The Morgan fingerprint density at radius 1 is 1.23 bits per heavy atom. The molecule has 0 radical (unpaired) electrons. The molecule has 4 rings (SSSR count). The molecule has 22 heavy (non-hydrogen) atoms. The van der Waals surface area contributed by atoms with Crippen LogP contribution in [-0.2, 0) is 0 Å². The molecule has 112 valence electrons. The standard InChI is InChI=1S/C16H14FN3O2/c1-9-5-6-11(7-12(9)17)14-19-16(22-20-14)13-8-21-15(18-13)10-3-2-4-10/h5-8,10H,2-4H2,1H3. The van der Waals surface area contributed by atoms with Gasteiger partial charge in [0, 0.05) is 11.5 Å². The summed E-state index contributed by atoms with van der Waals surface area (Å²) in [5.74, 6) is 1.45. The fourth-order valence-corrected chi connectivity index (χ4v) is 2.41. The monoisotopic (exact) mass is 299 g/mol. The highest BCUT2D eigenvalue weighted by molar-refractivity contribution is 5.58. The van der Waals surface area contributed by atoms with E-state index < -0.39 is 0 Å². The van der Waals surface area contributed by atoms with Gasteiger partial charge in [0.15, 0.2) is 11.6 Å². The van der Waals surface area contributed by atoms with Crippen LogP contribution in [0.2, 0.25) is 0 Å². The van der Waals surface area contributed by atoms with Crippen molar-refractivity contribution in [2.24, 2.45) is 0 Å². The average molecular weight is 299 g/mol. The summed E-state index contributed by atoms with van der Waals surface area (Å²) in [4.78, 5) is 8.68. The van der Waals surface area contributed by atoms with Gasteiger partial charge in [0.25, 0.3) is 5.89 Å². The van der Waals surface area contributed by atoms with Crippen molar-refractivity contribution in [3.05, 3.63) is 41.7 Å². The summed E-state index contributed by atoms with van der Waals surface area (Å²) < 4.78 is 24.3. The summed E-state index contributed by atoms with van der Waals surface area (Å²) in [6, 6.07) is 4.84. The summed E-state index contributed by atoms with van der Waals surface area (Å²) in [7, 11) is 0. The number of hydrogen-bond donors (Lipinski definition) is 0. The molecular weight excluding hydrogens is 285 g/mol. The highest BCUT2D eigenvalue weighted by atomic mass is 19.1. The molecule has 0 atom stereocenters. The van der Waals surface area contributed by atoms with Gasteiger partial charge in [0.2, 0.25) is 5.82 Å². The third kappa shape index (κ3) is 2.20. The molecule has 1 aliphatic rings. The minimum Gasteiger partial charge on any atom is -0.448 e. The first-order chi connectivity index (χ1) is 10.7. The first-order valence-corrected chi connectivity index (χ1v) is 7.27. The molecule has 0 bridgehead atoms. The van der Waals surface area contributed by atoms with Gasteiger partial charge in [-0.05, 0) is 31.4 Å². The molecule has 0 spiro atoms. The van der Waals surface area contributed by atoms with Crippen LogP contribution in [0.4, 0.5) is 4.39 Å². The average Bonchev–Trinajstić information content (AvgIpc) is 3.08. The molecular formula is C16H14FN3O2. The maximum Gasteiger partial charge on any atom is 0.280 e. The van der Waals surface area contributed by atoms with Crippen molar-refractivity contribution >= 4 is 0 Å². The van der Waals surface area contributed by atoms with Crippen molar-refractivity contribution in [2.45, 2.75) is 32.1 Å². The van der Waals surface area contributed by atoms with Crippen molar-refractivity contribution in [3.8, 4) is 23.0 Å². The van der Waals surface area contributed by atoms with Crippen LogP contribution >= 0.6 is 0 Å². The van der Waals surface area contributed by atoms with Crippen LogP contribution < -0.4 is 0 Å². The number of nitrogens with zero attached hydrogens (tertiary/aromatic N) is 3. The van der Waals surface area contributed by atoms with E-state index in [0.717, 1.165) is 18.7 Å². The second-order valence-electron chi connectivity index (χ2n) is 5.59. The number of aryl methyl sites for hydroxylation is 1. The summed E-state index contributed by atoms with van der Waals surface area (Å²) in [5, 5.41) is 3.89. The summed E-state index contributed by atoms with van der Waals surface area (Å²) in [6.07, 6.45) is 4.96. The highest BCUT2D eigenvalue weighted by Gasteiger charge is 2.25. The molecule has 0 aliphatic heterocycles. The minimum absolute atomic E-state index is 0.283. The van der Waals surface area contributed by atoms with Crippen LogP contribution in [-0.4, -0.2) is 15.1 Å². The van der Waals surface area contributed by atoms with Crippen LogP contribution in [0, 0.1) is 12.7 Å². The normalized spacial score (nSPS) is 15.0. The maximum atomic E-state index is 13.6. The van der Waals surface area contributed by atoms with E-state index in [0.29, 0.717) is 28.6 Å². The van der Waals surface area contributed by atoms with Gasteiger partial charge in [-0.25, -0.2) is 9.37 Å². The fourth-order valence-electron chi connectivity index (χ4n) is 2.41. The lowest BCUT2D eigenvalue weighted by atomic mass is 9.85. The molecule has 2 heterocycles. The van der Waals surface area contributed by atoms with E-state index >= 15 is 0 Å². The Balaban J connectivity index is 1.63. The second-order valence-corrected chi connectivity index (χ2v) is 5.59. The van der Waals surface area contributed by atoms with Crippen molar-refractivity contribution in [2.75, 3.05) is 0 Å². The zero-order valence-corrected chi connectivity index (χ0v) is 12.0. The zero-order valence-electron chi connectivity index (χ0n) is 12.0. The number of halogens is 1. The predicted molar refractivity (Wildman–Crippen MR) is 76.5 cm³/mol. The Morgan fingerprint density at radius 2 is 2.09 bits per heavy atom. The van der Waals surface area contributed by atoms with E-state index in [2.05, 4.69) is 15.1 Å². The molecule has 0 saturated heterocycles. The molecule has 1 aliphatic carbocycles. The first-order valence-electron chi connectivity index (χ1n) is 7.27. The summed E-state index contributed by atoms with van der Waals surface area (Å²) in [5.41, 5.74) is 1.67. The highest BCUT2D eigenvalue weighted by Crippen LogP contribution is 2.36. The maximum absolute atomic E-state index is 13.6. The van der Waals surface area contributed by atoms with Crippen molar-refractivity contribution in [1.29, 1.82) is 0 Å². The third-order valence-electron chi connectivity index (χ3n) is 4.05. The second kappa shape index (κ2) is 5.05. The van der Waals surface area contributed by atoms with Gasteiger partial charge in [-0.3, -0.25) is 0 Å². The molecule has 2 aromatic heterocycles. The van der Waals surface area contributed by atoms with Crippen LogP contribution in [0.25, 0.3) is 23.0 Å². The van der Waals surface area contributed by atoms with Gasteiger partial charge >= 0.3 is 0 Å². The molecule has 0 N–H and O–H groups in total. The van der Waals surface area contributed by atoms with Crippen molar-refractivity contribution in [1.82, 2.24) is 15.1 Å². The van der Waals surface area contributed by atoms with E-state index in [9.17, 15) is 4.39 Å². The lowest BCUT2D eigenvalue weighted by Gasteiger charge is -2.21.